The van der Waals surface area contributed by atoms with Crippen LogP contribution in [0.4, 0.5) is 5.00 Å². The van der Waals surface area contributed by atoms with Crippen LogP contribution in [-0.2, 0) is 20.0 Å². The summed E-state index contributed by atoms with van der Waals surface area (Å²) in [4.78, 5) is 21.5. The van der Waals surface area contributed by atoms with E-state index in [0.29, 0.717) is 5.69 Å². The van der Waals surface area contributed by atoms with Crippen molar-refractivity contribution in [2.45, 2.75) is 19.9 Å². The number of fused-ring (bicyclic) bond motifs is 2. The zero-order valence-corrected chi connectivity index (χ0v) is 17.9. The summed E-state index contributed by atoms with van der Waals surface area (Å²) in [5.41, 5.74) is 3.84. The van der Waals surface area contributed by atoms with Crippen LogP contribution in [0.3, 0.4) is 0 Å². The van der Waals surface area contributed by atoms with E-state index in [1.165, 1.54) is 10.4 Å². The number of amides is 1. The van der Waals surface area contributed by atoms with E-state index in [2.05, 4.69) is 28.3 Å². The molecule has 0 saturated carbocycles. The molecule has 0 unspecified atom stereocenters. The summed E-state index contributed by atoms with van der Waals surface area (Å²) in [5.74, 6) is -0.182. The van der Waals surface area contributed by atoms with Gasteiger partial charge in [-0.05, 0) is 36.7 Å². The van der Waals surface area contributed by atoms with Gasteiger partial charge in [0.05, 0.1) is 10.2 Å². The molecule has 148 valence electrons. The van der Waals surface area contributed by atoms with Crippen LogP contribution in [0.15, 0.2) is 36.5 Å². The van der Waals surface area contributed by atoms with Crippen molar-refractivity contribution in [2.24, 2.45) is 7.05 Å². The van der Waals surface area contributed by atoms with Crippen LogP contribution in [0.5, 0.6) is 0 Å². The molecule has 1 N–H and O–H groups in total. The highest BCUT2D eigenvalue weighted by molar-refractivity contribution is 7.22. The average Bonchev–Trinajstić information content (AvgIpc) is 3.42. The van der Waals surface area contributed by atoms with Gasteiger partial charge in [-0.3, -0.25) is 14.4 Å². The summed E-state index contributed by atoms with van der Waals surface area (Å²) in [6.07, 6.45) is 2.76. The second-order valence-corrected chi connectivity index (χ2v) is 9.28. The van der Waals surface area contributed by atoms with Gasteiger partial charge in [0, 0.05) is 36.8 Å². The Labute approximate surface area is 176 Å². The molecule has 5 rings (SSSR count). The molecule has 1 aliphatic heterocycles. The van der Waals surface area contributed by atoms with Crippen molar-refractivity contribution in [1.82, 2.24) is 19.7 Å². The Kier molecular flexibility index (Phi) is 4.69. The lowest BCUT2D eigenvalue weighted by Crippen LogP contribution is -2.29. The van der Waals surface area contributed by atoms with Crippen molar-refractivity contribution in [3.63, 3.8) is 0 Å². The second kappa shape index (κ2) is 7.37. The first-order chi connectivity index (χ1) is 14.1. The Morgan fingerprint density at radius 1 is 1.24 bits per heavy atom. The van der Waals surface area contributed by atoms with Crippen LogP contribution in [0.2, 0.25) is 0 Å². The third-order valence-electron chi connectivity index (χ3n) is 5.26. The van der Waals surface area contributed by atoms with Gasteiger partial charge < -0.3 is 5.32 Å². The Morgan fingerprint density at radius 3 is 2.86 bits per heavy atom. The van der Waals surface area contributed by atoms with Gasteiger partial charge in [0.15, 0.2) is 5.69 Å². The number of anilines is 1. The monoisotopic (exact) mass is 423 g/mol. The first-order valence-electron chi connectivity index (χ1n) is 9.66. The molecular formula is C21H21N5OS2. The van der Waals surface area contributed by atoms with E-state index in [1.54, 1.807) is 39.6 Å². The molecule has 4 aromatic rings. The maximum absolute atomic E-state index is 12.8. The lowest BCUT2D eigenvalue weighted by atomic mass is 10.0. The van der Waals surface area contributed by atoms with E-state index >= 15 is 0 Å². The lowest BCUT2D eigenvalue weighted by molar-refractivity contribution is 0.102. The number of aromatic nitrogens is 3. The van der Waals surface area contributed by atoms with Gasteiger partial charge in [0.1, 0.15) is 10.0 Å². The van der Waals surface area contributed by atoms with Crippen LogP contribution < -0.4 is 5.32 Å². The molecule has 4 heterocycles. The molecule has 0 atom stereocenters. The van der Waals surface area contributed by atoms with E-state index in [4.69, 9.17) is 4.98 Å². The molecule has 0 fully saturated rings. The third-order valence-corrected chi connectivity index (χ3v) is 7.45. The summed E-state index contributed by atoms with van der Waals surface area (Å²) in [5, 5.41) is 9.22. The van der Waals surface area contributed by atoms with Crippen LogP contribution in [0.25, 0.3) is 20.8 Å². The number of thiophene rings is 1. The van der Waals surface area contributed by atoms with E-state index in [9.17, 15) is 4.79 Å². The predicted octanol–water partition coefficient (Wildman–Crippen LogP) is 4.39. The summed E-state index contributed by atoms with van der Waals surface area (Å²) in [7, 11) is 1.81. The number of nitrogens with zero attached hydrogens (tertiary/aromatic N) is 4. The predicted molar refractivity (Wildman–Crippen MR) is 119 cm³/mol. The standard InChI is InChI=1S/C21H21N5OS2/c1-3-26-11-8-13-17(12-26)29-21(23-19(27)15-9-10-25(2)24-15)18(13)20-22-14-6-4-5-7-16(14)28-20/h4-7,9-10H,3,8,11-12H2,1-2H3,(H,23,27). The quantitative estimate of drug-likeness (QED) is 0.529. The molecule has 29 heavy (non-hydrogen) atoms. The summed E-state index contributed by atoms with van der Waals surface area (Å²) >= 11 is 3.36. The van der Waals surface area contributed by atoms with Crippen LogP contribution in [-0.4, -0.2) is 38.7 Å². The van der Waals surface area contributed by atoms with Gasteiger partial charge in [0.2, 0.25) is 0 Å². The van der Waals surface area contributed by atoms with Crippen molar-refractivity contribution in [1.29, 1.82) is 0 Å². The molecule has 0 saturated heterocycles. The summed E-state index contributed by atoms with van der Waals surface area (Å²) in [6.45, 7) is 5.18. The molecule has 6 nitrogen and oxygen atoms in total. The van der Waals surface area contributed by atoms with Gasteiger partial charge in [-0.25, -0.2) is 4.98 Å². The Hall–Kier alpha value is -2.55. The van der Waals surface area contributed by atoms with Gasteiger partial charge in [-0.1, -0.05) is 19.1 Å². The number of carbonyl (C=O) groups excluding carboxylic acids is 1. The Bertz CT molecular complexity index is 1170. The van der Waals surface area contributed by atoms with Crippen molar-refractivity contribution < 1.29 is 4.79 Å². The van der Waals surface area contributed by atoms with Crippen molar-refractivity contribution >= 4 is 43.8 Å². The zero-order chi connectivity index (χ0) is 20.0. The molecule has 0 spiro atoms. The molecule has 1 aromatic carbocycles. The first kappa shape index (κ1) is 18.5. The number of rotatable bonds is 4. The fraction of sp³-hybridized carbons (Fsp3) is 0.286. The van der Waals surface area contributed by atoms with Gasteiger partial charge in [-0.2, -0.15) is 5.10 Å². The van der Waals surface area contributed by atoms with Gasteiger partial charge in [0.25, 0.3) is 5.91 Å². The molecule has 0 bridgehead atoms. The topological polar surface area (TPSA) is 63.1 Å². The SMILES string of the molecule is CCN1CCc2c(sc(NC(=O)c3ccn(C)n3)c2-c2nc3ccccc3s2)C1. The number of thiazole rings is 1. The molecule has 1 aliphatic rings. The lowest BCUT2D eigenvalue weighted by Gasteiger charge is -2.25. The minimum Gasteiger partial charge on any atom is -0.312 e. The largest absolute Gasteiger partial charge is 0.312 e. The van der Waals surface area contributed by atoms with Crippen molar-refractivity contribution in [3.8, 4) is 10.6 Å². The number of aryl methyl sites for hydroxylation is 1. The van der Waals surface area contributed by atoms with Gasteiger partial charge in [-0.15, -0.1) is 22.7 Å². The molecule has 0 radical (unpaired) electrons. The van der Waals surface area contributed by atoms with Gasteiger partial charge >= 0.3 is 0 Å². The number of likely N-dealkylation sites (N-methyl/N-ethyl adjacent to an activating group) is 1. The number of para-hydroxylation sites is 1. The fourth-order valence-electron chi connectivity index (χ4n) is 3.72. The summed E-state index contributed by atoms with van der Waals surface area (Å²) in [6, 6.07) is 9.92. The average molecular weight is 424 g/mol. The van der Waals surface area contributed by atoms with Crippen molar-refractivity contribution in [2.75, 3.05) is 18.4 Å². The van der Waals surface area contributed by atoms with E-state index in [0.717, 1.165) is 51.8 Å². The Balaban J connectivity index is 1.59. The highest BCUT2D eigenvalue weighted by Gasteiger charge is 2.27. The molecule has 3 aromatic heterocycles. The minimum absolute atomic E-state index is 0.182. The zero-order valence-electron chi connectivity index (χ0n) is 16.3. The first-order valence-corrected chi connectivity index (χ1v) is 11.3. The van der Waals surface area contributed by atoms with E-state index in [-0.39, 0.29) is 5.91 Å². The number of carbonyl (C=O) groups is 1. The number of hydrogen-bond acceptors (Lipinski definition) is 6. The third kappa shape index (κ3) is 3.37. The van der Waals surface area contributed by atoms with Crippen LogP contribution >= 0.6 is 22.7 Å². The van der Waals surface area contributed by atoms with Crippen molar-refractivity contribution in [3.05, 3.63) is 52.7 Å². The fourth-order valence-corrected chi connectivity index (χ4v) is 6.12. The highest BCUT2D eigenvalue weighted by Crippen LogP contribution is 2.45. The maximum atomic E-state index is 12.8. The van der Waals surface area contributed by atoms with E-state index in [1.807, 2.05) is 25.2 Å². The summed E-state index contributed by atoms with van der Waals surface area (Å²) < 4.78 is 2.80. The Morgan fingerprint density at radius 2 is 2.10 bits per heavy atom. The normalized spacial score (nSPS) is 14.3. The number of hydrogen-bond donors (Lipinski definition) is 1. The highest BCUT2D eigenvalue weighted by atomic mass is 32.1. The van der Waals surface area contributed by atoms with Crippen LogP contribution in [0, 0.1) is 0 Å². The number of nitrogens with one attached hydrogen (secondary N) is 1. The number of benzene rings is 1. The van der Waals surface area contributed by atoms with Crippen LogP contribution in [0.1, 0.15) is 27.9 Å². The second-order valence-electron chi connectivity index (χ2n) is 7.14. The maximum Gasteiger partial charge on any atom is 0.276 e. The molecular weight excluding hydrogens is 402 g/mol. The smallest absolute Gasteiger partial charge is 0.276 e. The van der Waals surface area contributed by atoms with E-state index < -0.39 is 0 Å². The molecule has 1 amide bonds. The molecule has 8 heteroatoms. The minimum atomic E-state index is -0.182. The molecule has 0 aliphatic carbocycles.